The largest absolute Gasteiger partial charge is 0.458 e. The molecular weight excluding hydrogens is 668 g/mol. The molecule has 3 aromatic carbocycles. The van der Waals surface area contributed by atoms with Crippen molar-refractivity contribution < 1.29 is 43.0 Å². The molecule has 4 rings (SSSR count). The molecule has 1 unspecified atom stereocenters. The SMILES string of the molecule is C=CCOC(=O)c1cccc(NC(=O)NC(C)(C(=O)OC(C)(C)C)C(=O)N(C(=O)C2CCN(C(=O)OCc3ccccc3)CC2)c2ccccc2)c1. The minimum Gasteiger partial charge on any atom is -0.458 e. The normalized spacial score (nSPS) is 14.2. The number of piperidine rings is 1. The van der Waals surface area contributed by atoms with E-state index in [1.165, 1.54) is 42.2 Å². The van der Waals surface area contributed by atoms with Gasteiger partial charge in [-0.1, -0.05) is 67.3 Å². The lowest BCUT2D eigenvalue weighted by atomic mass is 9.93. The fraction of sp³-hybridized carbons (Fsp3) is 0.333. The van der Waals surface area contributed by atoms with Gasteiger partial charge in [0.15, 0.2) is 0 Å². The quantitative estimate of drug-likeness (QED) is 0.107. The number of nitrogens with zero attached hydrogens (tertiary/aromatic N) is 2. The van der Waals surface area contributed by atoms with Gasteiger partial charge in [0.25, 0.3) is 5.91 Å². The molecule has 1 heterocycles. The zero-order chi connectivity index (χ0) is 37.9. The number of amides is 5. The van der Waals surface area contributed by atoms with E-state index in [-0.39, 0.29) is 56.1 Å². The maximum Gasteiger partial charge on any atom is 0.410 e. The molecule has 1 atom stereocenters. The maximum absolute atomic E-state index is 14.6. The van der Waals surface area contributed by atoms with E-state index in [1.54, 1.807) is 51.1 Å². The minimum absolute atomic E-state index is 0.00955. The number of esters is 2. The molecule has 1 aliphatic rings. The smallest absolute Gasteiger partial charge is 0.410 e. The summed E-state index contributed by atoms with van der Waals surface area (Å²) in [6.45, 7) is 9.98. The lowest BCUT2D eigenvalue weighted by molar-refractivity contribution is -0.164. The molecule has 1 fully saturated rings. The molecule has 274 valence electrons. The summed E-state index contributed by atoms with van der Waals surface area (Å²) in [7, 11) is 0. The van der Waals surface area contributed by atoms with Gasteiger partial charge in [0.2, 0.25) is 11.4 Å². The first-order valence-electron chi connectivity index (χ1n) is 16.8. The Hall–Kier alpha value is -5.98. The Kier molecular flexibility index (Phi) is 12.9. The molecule has 0 radical (unpaired) electrons. The number of rotatable bonds is 11. The van der Waals surface area contributed by atoms with E-state index in [2.05, 4.69) is 17.2 Å². The molecule has 0 saturated carbocycles. The van der Waals surface area contributed by atoms with Gasteiger partial charge in [0, 0.05) is 24.7 Å². The van der Waals surface area contributed by atoms with Crippen molar-refractivity contribution in [2.45, 2.75) is 58.3 Å². The van der Waals surface area contributed by atoms with Crippen molar-refractivity contribution in [1.29, 1.82) is 0 Å². The average molecular weight is 713 g/mol. The summed E-state index contributed by atoms with van der Waals surface area (Å²) in [6.07, 6.45) is 1.34. The first kappa shape index (κ1) is 38.8. The van der Waals surface area contributed by atoms with Crippen LogP contribution in [0.1, 0.15) is 56.5 Å². The van der Waals surface area contributed by atoms with E-state index in [0.29, 0.717) is 0 Å². The van der Waals surface area contributed by atoms with Gasteiger partial charge in [-0.05, 0) is 76.4 Å². The Morgan fingerprint density at radius 2 is 1.50 bits per heavy atom. The number of nitrogens with one attached hydrogen (secondary N) is 2. The van der Waals surface area contributed by atoms with Crippen LogP contribution in [-0.2, 0) is 35.2 Å². The van der Waals surface area contributed by atoms with E-state index in [9.17, 15) is 28.8 Å². The number of carbonyl (C=O) groups is 6. The van der Waals surface area contributed by atoms with Gasteiger partial charge >= 0.3 is 24.1 Å². The third-order valence-electron chi connectivity index (χ3n) is 8.03. The van der Waals surface area contributed by atoms with Crippen molar-refractivity contribution in [1.82, 2.24) is 10.2 Å². The second kappa shape index (κ2) is 17.3. The summed E-state index contributed by atoms with van der Waals surface area (Å²) in [5, 5.41) is 4.98. The summed E-state index contributed by atoms with van der Waals surface area (Å²) in [5.74, 6) is -4.13. The first-order valence-corrected chi connectivity index (χ1v) is 16.8. The van der Waals surface area contributed by atoms with E-state index in [1.807, 2.05) is 30.3 Å². The molecule has 1 aliphatic heterocycles. The van der Waals surface area contributed by atoms with Crippen LogP contribution in [0.25, 0.3) is 0 Å². The van der Waals surface area contributed by atoms with Gasteiger partial charge in [0.1, 0.15) is 18.8 Å². The number of ether oxygens (including phenoxy) is 3. The van der Waals surface area contributed by atoms with Crippen LogP contribution < -0.4 is 15.5 Å². The monoisotopic (exact) mass is 712 g/mol. The van der Waals surface area contributed by atoms with Crippen LogP contribution >= 0.6 is 0 Å². The fourth-order valence-electron chi connectivity index (χ4n) is 5.35. The van der Waals surface area contributed by atoms with Crippen LogP contribution in [0.4, 0.5) is 21.0 Å². The van der Waals surface area contributed by atoms with Crippen LogP contribution in [0.15, 0.2) is 97.6 Å². The summed E-state index contributed by atoms with van der Waals surface area (Å²) in [4.78, 5) is 83.7. The van der Waals surface area contributed by atoms with Crippen LogP contribution in [-0.4, -0.2) is 71.6 Å². The van der Waals surface area contributed by atoms with Gasteiger partial charge in [-0.3, -0.25) is 9.59 Å². The van der Waals surface area contributed by atoms with Crippen molar-refractivity contribution >= 4 is 47.3 Å². The van der Waals surface area contributed by atoms with Crippen LogP contribution in [0.2, 0.25) is 0 Å². The number of carbonyl (C=O) groups excluding carboxylic acids is 6. The number of anilines is 2. The van der Waals surface area contributed by atoms with Crippen molar-refractivity contribution in [3.63, 3.8) is 0 Å². The van der Waals surface area contributed by atoms with Gasteiger partial charge in [-0.2, -0.15) is 0 Å². The molecule has 0 bridgehead atoms. The first-order chi connectivity index (χ1) is 24.7. The van der Waals surface area contributed by atoms with E-state index >= 15 is 0 Å². The summed E-state index contributed by atoms with van der Waals surface area (Å²) in [5.41, 5.74) is -2.17. The van der Waals surface area contributed by atoms with E-state index < -0.39 is 52.9 Å². The lowest BCUT2D eigenvalue weighted by Crippen LogP contribution is -2.66. The topological polar surface area (TPSA) is 161 Å². The van der Waals surface area contributed by atoms with Crippen LogP contribution in [0, 0.1) is 5.92 Å². The molecule has 13 nitrogen and oxygen atoms in total. The molecule has 0 spiro atoms. The highest BCUT2D eigenvalue weighted by atomic mass is 16.6. The molecule has 52 heavy (non-hydrogen) atoms. The summed E-state index contributed by atoms with van der Waals surface area (Å²) >= 11 is 0. The predicted molar refractivity (Wildman–Crippen MR) is 193 cm³/mol. The van der Waals surface area contributed by atoms with Crippen molar-refractivity contribution in [2.75, 3.05) is 29.9 Å². The molecule has 0 aliphatic carbocycles. The zero-order valence-corrected chi connectivity index (χ0v) is 29.8. The molecule has 1 saturated heterocycles. The number of urea groups is 1. The van der Waals surface area contributed by atoms with Crippen molar-refractivity contribution in [3.05, 3.63) is 109 Å². The fourth-order valence-corrected chi connectivity index (χ4v) is 5.35. The second-order valence-electron chi connectivity index (χ2n) is 13.3. The summed E-state index contributed by atoms with van der Waals surface area (Å²) in [6, 6.07) is 22.2. The van der Waals surface area contributed by atoms with Gasteiger partial charge in [-0.25, -0.2) is 24.1 Å². The molecule has 5 amide bonds. The Labute approximate surface area is 302 Å². The third kappa shape index (κ3) is 10.3. The number of hydrogen-bond donors (Lipinski definition) is 2. The number of hydrogen-bond acceptors (Lipinski definition) is 9. The van der Waals surface area contributed by atoms with Crippen molar-refractivity contribution in [2.24, 2.45) is 5.92 Å². The highest BCUT2D eigenvalue weighted by Gasteiger charge is 2.51. The van der Waals surface area contributed by atoms with Crippen LogP contribution in [0.5, 0.6) is 0 Å². The van der Waals surface area contributed by atoms with E-state index in [4.69, 9.17) is 14.2 Å². The Balaban J connectivity index is 1.56. The average Bonchev–Trinajstić information content (AvgIpc) is 3.13. The van der Waals surface area contributed by atoms with Gasteiger partial charge in [-0.15, -0.1) is 0 Å². The highest BCUT2D eigenvalue weighted by Crippen LogP contribution is 2.28. The molecule has 3 aromatic rings. The maximum atomic E-state index is 14.6. The zero-order valence-electron chi connectivity index (χ0n) is 29.8. The lowest BCUT2D eigenvalue weighted by Gasteiger charge is -2.37. The molecular formula is C39H44N4O9. The number of likely N-dealkylation sites (tertiary alicyclic amines) is 1. The van der Waals surface area contributed by atoms with Crippen molar-refractivity contribution in [3.8, 4) is 0 Å². The number of imide groups is 1. The molecule has 2 N–H and O–H groups in total. The minimum atomic E-state index is -2.41. The third-order valence-corrected chi connectivity index (χ3v) is 8.03. The Morgan fingerprint density at radius 3 is 2.12 bits per heavy atom. The Bertz CT molecular complexity index is 1770. The van der Waals surface area contributed by atoms with E-state index in [0.717, 1.165) is 10.5 Å². The van der Waals surface area contributed by atoms with Gasteiger partial charge in [0.05, 0.1) is 11.3 Å². The number of benzene rings is 3. The summed E-state index contributed by atoms with van der Waals surface area (Å²) < 4.78 is 16.1. The second-order valence-corrected chi connectivity index (χ2v) is 13.3. The highest BCUT2D eigenvalue weighted by molar-refractivity contribution is 6.25. The molecule has 13 heteroatoms. The van der Waals surface area contributed by atoms with Crippen LogP contribution in [0.3, 0.4) is 0 Å². The predicted octanol–water partition coefficient (Wildman–Crippen LogP) is 5.86. The molecule has 0 aromatic heterocycles. The standard InChI is InChI=1S/C39H44N4O9/c1-6-24-50-33(45)29-16-13-17-30(25-29)40-36(48)41-39(5,35(47)52-38(2,3)4)34(46)43(31-18-11-8-12-19-31)32(44)28-20-22-42(23-21-28)37(49)51-26-27-14-9-7-10-15-27/h6-19,25,28H,1,20-24,26H2,2-5H3,(H2,40,41,48). The van der Waals surface area contributed by atoms with Gasteiger partial charge < -0.3 is 29.7 Å². The number of para-hydroxylation sites is 1. The Morgan fingerprint density at radius 1 is 0.865 bits per heavy atom.